The van der Waals surface area contributed by atoms with E-state index in [1.165, 1.54) is 16.8 Å². The van der Waals surface area contributed by atoms with Crippen LogP contribution in [0.15, 0.2) is 114 Å². The molecular weight excluding hydrogens is 705 g/mol. The molecule has 1 N–H and O–H groups in total. The Morgan fingerprint density at radius 3 is 1.74 bits per heavy atom. The fraction of sp³-hybridized carbons (Fsp3) is 0.158. The Labute approximate surface area is 299 Å². The third-order valence-corrected chi connectivity index (χ3v) is 7.28. The normalized spacial score (nSPS) is 10.9. The second kappa shape index (κ2) is 17.1. The highest BCUT2D eigenvalue weighted by molar-refractivity contribution is 5.66. The van der Waals surface area contributed by atoms with Crippen molar-refractivity contribution < 1.29 is 35.5 Å². The Hall–Kier alpha value is -6.61. The molecule has 0 radical (unpaired) electrons. The van der Waals surface area contributed by atoms with E-state index in [9.17, 15) is 35.5 Å². The fourth-order valence-corrected chi connectivity index (χ4v) is 4.62. The van der Waals surface area contributed by atoms with Crippen LogP contribution in [-0.2, 0) is 25.4 Å². The third-order valence-electron chi connectivity index (χ3n) is 7.28. The van der Waals surface area contributed by atoms with E-state index in [-0.39, 0.29) is 11.3 Å². The zero-order valence-corrected chi connectivity index (χ0v) is 28.0. The summed E-state index contributed by atoms with van der Waals surface area (Å²) in [5.41, 5.74) is 2.45. The first-order chi connectivity index (χ1) is 25.1. The number of nitrogens with zero attached hydrogens (tertiary/aromatic N) is 5. The van der Waals surface area contributed by atoms with E-state index < -0.39 is 29.3 Å². The van der Waals surface area contributed by atoms with Gasteiger partial charge in [-0.1, -0.05) is 36.4 Å². The van der Waals surface area contributed by atoms with Crippen LogP contribution < -0.4 is 10.3 Å². The van der Waals surface area contributed by atoms with Gasteiger partial charge in [0, 0.05) is 25.2 Å². The fourth-order valence-electron chi connectivity index (χ4n) is 4.62. The van der Waals surface area contributed by atoms with E-state index in [1.807, 2.05) is 32.0 Å². The van der Waals surface area contributed by atoms with Crippen LogP contribution in [-0.4, -0.2) is 19.6 Å². The monoisotopic (exact) mass is 734 g/mol. The molecule has 2 heterocycles. The van der Waals surface area contributed by atoms with Crippen molar-refractivity contribution in [2.75, 3.05) is 0 Å². The lowest BCUT2D eigenvalue weighted by Gasteiger charge is -2.09. The van der Waals surface area contributed by atoms with Gasteiger partial charge in [-0.2, -0.15) is 31.4 Å². The van der Waals surface area contributed by atoms with Crippen molar-refractivity contribution in [2.45, 2.75) is 39.3 Å². The van der Waals surface area contributed by atoms with Crippen LogP contribution in [0.4, 0.5) is 42.1 Å². The van der Waals surface area contributed by atoms with Crippen LogP contribution >= 0.6 is 0 Å². The van der Waals surface area contributed by atoms with Crippen LogP contribution in [0, 0.1) is 19.0 Å². The third kappa shape index (κ3) is 10.7. The predicted octanol–water partition coefficient (Wildman–Crippen LogP) is 11.2. The quantitative estimate of drug-likeness (QED) is 0.137. The van der Waals surface area contributed by atoms with Crippen LogP contribution in [0.1, 0.15) is 25.0 Å². The Morgan fingerprint density at radius 1 is 0.717 bits per heavy atom. The first-order valence-corrected chi connectivity index (χ1v) is 15.7. The molecule has 0 amide bonds. The van der Waals surface area contributed by atoms with E-state index in [0.717, 1.165) is 41.1 Å². The molecule has 8 nitrogen and oxygen atoms in total. The van der Waals surface area contributed by atoms with Crippen molar-refractivity contribution in [1.82, 2.24) is 19.6 Å². The lowest BCUT2D eigenvalue weighted by Crippen LogP contribution is -2.13. The molecule has 0 aliphatic rings. The van der Waals surface area contributed by atoms with Crippen LogP contribution in [0.2, 0.25) is 0 Å². The minimum atomic E-state index is -4.38. The molecular formula is C38H29F7N6O2. The summed E-state index contributed by atoms with van der Waals surface area (Å²) in [5, 5.41) is 7.44. The number of benzene rings is 4. The summed E-state index contributed by atoms with van der Waals surface area (Å²) in [6.45, 7) is 18.9. The number of rotatable bonds is 6. The largest absolute Gasteiger partial charge is 0.439 e. The molecule has 53 heavy (non-hydrogen) atoms. The summed E-state index contributed by atoms with van der Waals surface area (Å²) in [6, 6.07) is 24.9. The van der Waals surface area contributed by atoms with Gasteiger partial charge >= 0.3 is 12.4 Å². The van der Waals surface area contributed by atoms with Gasteiger partial charge in [0.2, 0.25) is 5.88 Å². The molecule has 0 spiro atoms. The molecule has 272 valence electrons. The molecule has 6 aromatic rings. The number of H-pyrrole nitrogens is 1. The zero-order valence-electron chi connectivity index (χ0n) is 28.0. The highest BCUT2D eigenvalue weighted by Crippen LogP contribution is 2.33. The average molecular weight is 735 g/mol. The maximum Gasteiger partial charge on any atom is 0.416 e. The smallest absolute Gasteiger partial charge is 0.416 e. The molecule has 6 rings (SSSR count). The first kappa shape index (κ1) is 39.2. The molecule has 0 fully saturated rings. The van der Waals surface area contributed by atoms with E-state index in [4.69, 9.17) is 17.9 Å². The van der Waals surface area contributed by atoms with Gasteiger partial charge in [-0.15, -0.1) is 0 Å². The van der Waals surface area contributed by atoms with Gasteiger partial charge in [-0.3, -0.25) is 14.6 Å². The van der Waals surface area contributed by atoms with E-state index >= 15 is 0 Å². The molecule has 0 bridgehead atoms. The Bertz CT molecular complexity index is 2270. The van der Waals surface area contributed by atoms with Gasteiger partial charge in [-0.25, -0.2) is 18.8 Å². The van der Waals surface area contributed by atoms with Gasteiger partial charge in [0.05, 0.1) is 35.7 Å². The summed E-state index contributed by atoms with van der Waals surface area (Å²) in [7, 11) is 0. The van der Waals surface area contributed by atoms with E-state index in [0.29, 0.717) is 48.2 Å². The van der Waals surface area contributed by atoms with Gasteiger partial charge in [0.15, 0.2) is 11.4 Å². The topological polar surface area (TPSA) is 73.6 Å². The van der Waals surface area contributed by atoms with Crippen molar-refractivity contribution in [1.29, 1.82) is 0 Å². The number of alkyl halides is 6. The number of halogens is 7. The van der Waals surface area contributed by atoms with Crippen molar-refractivity contribution in [3.8, 4) is 34.1 Å². The molecule has 0 aliphatic carbocycles. The Morgan fingerprint density at radius 2 is 1.25 bits per heavy atom. The first-order valence-electron chi connectivity index (χ1n) is 15.7. The second-order valence-electron chi connectivity index (χ2n) is 10.9. The lowest BCUT2D eigenvalue weighted by molar-refractivity contribution is -0.138. The summed E-state index contributed by atoms with van der Waals surface area (Å²) in [6.07, 6.45) is -8.77. The van der Waals surface area contributed by atoms with Crippen LogP contribution in [0.5, 0.6) is 11.6 Å². The summed E-state index contributed by atoms with van der Waals surface area (Å²) >= 11 is 0. The maximum atomic E-state index is 12.6. The number of ether oxygens (including phenoxy) is 1. The van der Waals surface area contributed by atoms with Crippen molar-refractivity contribution in [2.24, 2.45) is 0 Å². The highest BCUT2D eigenvalue weighted by atomic mass is 19.4. The average Bonchev–Trinajstić information content (AvgIpc) is 3.74. The predicted molar refractivity (Wildman–Crippen MR) is 185 cm³/mol. The van der Waals surface area contributed by atoms with Crippen molar-refractivity contribution in [3.05, 3.63) is 159 Å². The summed E-state index contributed by atoms with van der Waals surface area (Å²) in [4.78, 5) is 18.2. The SMILES string of the molecule is Fc1ccc(C(F)(F)F)cc1.[C-]#[N+]c1cccc(-c2cc(=O)n(CC)[nH]2)c1.[C-]#[N+]c1cccc(-c2cc(Oc3ccc(C(F)(F)F)cc3)n(CC)n2)c1. The van der Waals surface area contributed by atoms with Gasteiger partial charge in [0.25, 0.3) is 5.56 Å². The number of hydrogen-bond acceptors (Lipinski definition) is 3. The summed E-state index contributed by atoms with van der Waals surface area (Å²) < 4.78 is 94.3. The van der Waals surface area contributed by atoms with Gasteiger partial charge in [-0.05, 0) is 85.6 Å². The van der Waals surface area contributed by atoms with E-state index in [2.05, 4.69) is 19.9 Å². The zero-order chi connectivity index (χ0) is 38.8. The number of aromatic nitrogens is 4. The summed E-state index contributed by atoms with van der Waals surface area (Å²) in [5.74, 6) is 0.0301. The number of aryl methyl sites for hydroxylation is 2. The molecule has 0 unspecified atom stereocenters. The lowest BCUT2D eigenvalue weighted by atomic mass is 10.1. The van der Waals surface area contributed by atoms with Crippen molar-refractivity contribution in [3.63, 3.8) is 0 Å². The van der Waals surface area contributed by atoms with Crippen LogP contribution in [0.25, 0.3) is 32.2 Å². The van der Waals surface area contributed by atoms with E-state index in [1.54, 1.807) is 47.1 Å². The molecule has 0 saturated heterocycles. The maximum absolute atomic E-state index is 12.6. The highest BCUT2D eigenvalue weighted by Gasteiger charge is 2.30. The Balaban J connectivity index is 0.000000197. The van der Waals surface area contributed by atoms with Crippen molar-refractivity contribution >= 4 is 11.4 Å². The molecule has 15 heteroatoms. The Kier molecular flexibility index (Phi) is 12.6. The minimum Gasteiger partial charge on any atom is -0.439 e. The molecule has 0 atom stereocenters. The molecule has 2 aromatic heterocycles. The number of aromatic amines is 1. The standard InChI is InChI=1S/C19H14F3N3O.C12H11N3O.C7H4F4/c1-3-25-18(26-16-9-7-14(8-10-16)19(20,21)22)12-17(24-25)13-5-4-6-15(11-13)23-2;1-3-15-12(16)8-11(14-15)9-5-4-6-10(7-9)13-2;8-6-3-1-5(2-4-6)7(9,10)11/h4-12H,3H2,1H3;4-8,14H,3H2,1H3;1-4H. The second-order valence-corrected chi connectivity index (χ2v) is 10.9. The molecule has 0 aliphatic heterocycles. The minimum absolute atomic E-state index is 0.0503. The van der Waals surface area contributed by atoms with Gasteiger partial charge < -0.3 is 4.74 Å². The van der Waals surface area contributed by atoms with Gasteiger partial charge in [0.1, 0.15) is 11.6 Å². The number of nitrogens with one attached hydrogen (secondary N) is 1. The number of hydrogen-bond donors (Lipinski definition) is 1. The molecule has 4 aromatic carbocycles. The van der Waals surface area contributed by atoms with Crippen LogP contribution in [0.3, 0.4) is 0 Å². The molecule has 0 saturated carbocycles.